The third kappa shape index (κ3) is 2.30. The molecule has 0 aliphatic carbocycles. The summed E-state index contributed by atoms with van der Waals surface area (Å²) in [4.78, 5) is 10.8. The largest absolute Gasteiger partial charge is 0.481 e. The zero-order chi connectivity index (χ0) is 10.7. The average molecular weight is 262 g/mol. The Labute approximate surface area is 88.9 Å². The molecule has 3 nitrogen and oxygen atoms in total. The molecule has 0 aliphatic rings. The van der Waals surface area contributed by atoms with Gasteiger partial charge in [-0.15, -0.1) is 0 Å². The van der Waals surface area contributed by atoms with Gasteiger partial charge in [-0.1, -0.05) is 22.0 Å². The average Bonchev–Trinajstić information content (AvgIpc) is 2.09. The van der Waals surface area contributed by atoms with Gasteiger partial charge in [-0.3, -0.25) is 4.79 Å². The number of hydrogen-bond acceptors (Lipinski definition) is 2. The lowest BCUT2D eigenvalue weighted by atomic mass is 10.00. The van der Waals surface area contributed by atoms with Crippen molar-refractivity contribution in [2.75, 3.05) is 6.54 Å². The Morgan fingerprint density at radius 3 is 2.71 bits per heavy atom. The first-order valence-corrected chi connectivity index (χ1v) is 4.73. The van der Waals surface area contributed by atoms with Crippen LogP contribution < -0.4 is 5.73 Å². The van der Waals surface area contributed by atoms with E-state index < -0.39 is 17.7 Å². The second kappa shape index (κ2) is 4.52. The van der Waals surface area contributed by atoms with Crippen LogP contribution in [-0.4, -0.2) is 17.6 Å². The number of benzene rings is 1. The Kier molecular flexibility index (Phi) is 3.60. The molecule has 1 rings (SSSR count). The van der Waals surface area contributed by atoms with Crippen LogP contribution in [0.1, 0.15) is 11.5 Å². The van der Waals surface area contributed by atoms with Crippen LogP contribution in [0.5, 0.6) is 0 Å². The van der Waals surface area contributed by atoms with Gasteiger partial charge in [-0.25, -0.2) is 4.39 Å². The van der Waals surface area contributed by atoms with Crippen LogP contribution in [0, 0.1) is 5.82 Å². The van der Waals surface area contributed by atoms with Gasteiger partial charge in [0.2, 0.25) is 0 Å². The molecule has 0 saturated heterocycles. The molecule has 14 heavy (non-hydrogen) atoms. The number of carbonyl (C=O) groups is 1. The Balaban J connectivity index is 3.10. The van der Waals surface area contributed by atoms with Crippen molar-refractivity contribution in [3.05, 3.63) is 34.1 Å². The molecule has 0 heterocycles. The molecule has 1 unspecified atom stereocenters. The van der Waals surface area contributed by atoms with Crippen LogP contribution in [-0.2, 0) is 4.79 Å². The van der Waals surface area contributed by atoms with Gasteiger partial charge in [0.25, 0.3) is 0 Å². The van der Waals surface area contributed by atoms with Crippen molar-refractivity contribution in [1.82, 2.24) is 0 Å². The molecule has 0 saturated carbocycles. The number of carboxylic acid groups (broad SMARTS) is 1. The molecule has 1 aromatic rings. The predicted molar refractivity (Wildman–Crippen MR) is 53.5 cm³/mol. The van der Waals surface area contributed by atoms with E-state index in [-0.39, 0.29) is 6.54 Å². The smallest absolute Gasteiger partial charge is 0.312 e. The molecule has 0 aromatic heterocycles. The van der Waals surface area contributed by atoms with Gasteiger partial charge in [0, 0.05) is 11.0 Å². The summed E-state index contributed by atoms with van der Waals surface area (Å²) in [6.07, 6.45) is 0. The van der Waals surface area contributed by atoms with E-state index in [9.17, 15) is 9.18 Å². The standard InChI is InChI=1S/C9H9BrFNO2/c10-8-3-5(11)1-2-6(8)7(4-12)9(13)14/h1-3,7H,4,12H2,(H,13,14). The molecular weight excluding hydrogens is 253 g/mol. The lowest BCUT2D eigenvalue weighted by Gasteiger charge is -2.11. The third-order valence-corrected chi connectivity index (χ3v) is 2.56. The van der Waals surface area contributed by atoms with E-state index in [0.29, 0.717) is 10.0 Å². The lowest BCUT2D eigenvalue weighted by molar-refractivity contribution is -0.138. The molecule has 0 fully saturated rings. The van der Waals surface area contributed by atoms with Crippen LogP contribution in [0.2, 0.25) is 0 Å². The first-order valence-electron chi connectivity index (χ1n) is 3.94. The summed E-state index contributed by atoms with van der Waals surface area (Å²) in [6, 6.07) is 3.86. The minimum absolute atomic E-state index is 0.0143. The highest BCUT2D eigenvalue weighted by Crippen LogP contribution is 2.25. The summed E-state index contributed by atoms with van der Waals surface area (Å²) < 4.78 is 13.1. The highest BCUT2D eigenvalue weighted by molar-refractivity contribution is 9.10. The summed E-state index contributed by atoms with van der Waals surface area (Å²) in [5.41, 5.74) is 5.80. The molecule has 0 aliphatic heterocycles. The topological polar surface area (TPSA) is 63.3 Å². The zero-order valence-corrected chi connectivity index (χ0v) is 8.79. The number of hydrogen-bond donors (Lipinski definition) is 2. The van der Waals surface area contributed by atoms with Crippen molar-refractivity contribution >= 4 is 21.9 Å². The second-order valence-electron chi connectivity index (χ2n) is 2.79. The molecule has 1 aromatic carbocycles. The molecule has 0 amide bonds. The Hall–Kier alpha value is -0.940. The maximum Gasteiger partial charge on any atom is 0.312 e. The molecule has 76 valence electrons. The maximum atomic E-state index is 12.7. The van der Waals surface area contributed by atoms with Crippen LogP contribution in [0.3, 0.4) is 0 Å². The van der Waals surface area contributed by atoms with Crippen molar-refractivity contribution in [2.24, 2.45) is 5.73 Å². The van der Waals surface area contributed by atoms with Gasteiger partial charge >= 0.3 is 5.97 Å². The van der Waals surface area contributed by atoms with E-state index in [1.54, 1.807) is 0 Å². The van der Waals surface area contributed by atoms with E-state index in [2.05, 4.69) is 15.9 Å². The first kappa shape index (κ1) is 11.1. The van der Waals surface area contributed by atoms with E-state index >= 15 is 0 Å². The maximum absolute atomic E-state index is 12.7. The van der Waals surface area contributed by atoms with Crippen molar-refractivity contribution in [2.45, 2.75) is 5.92 Å². The number of aliphatic carboxylic acids is 1. The monoisotopic (exact) mass is 261 g/mol. The second-order valence-corrected chi connectivity index (χ2v) is 3.65. The summed E-state index contributed by atoms with van der Waals surface area (Å²) >= 11 is 3.10. The number of halogens is 2. The zero-order valence-electron chi connectivity index (χ0n) is 7.21. The number of carboxylic acids is 1. The molecule has 0 radical (unpaired) electrons. The number of nitrogens with two attached hydrogens (primary N) is 1. The van der Waals surface area contributed by atoms with Crippen molar-refractivity contribution in [3.8, 4) is 0 Å². The van der Waals surface area contributed by atoms with Gasteiger partial charge in [-0.2, -0.15) is 0 Å². The minimum atomic E-state index is -1.01. The predicted octanol–water partition coefficient (Wildman–Crippen LogP) is 1.72. The summed E-state index contributed by atoms with van der Waals surface area (Å²) in [5, 5.41) is 8.83. The van der Waals surface area contributed by atoms with Crippen molar-refractivity contribution in [3.63, 3.8) is 0 Å². The summed E-state index contributed by atoms with van der Waals surface area (Å²) in [7, 11) is 0. The van der Waals surface area contributed by atoms with Crippen molar-refractivity contribution in [1.29, 1.82) is 0 Å². The highest BCUT2D eigenvalue weighted by atomic mass is 79.9. The van der Waals surface area contributed by atoms with Crippen LogP contribution in [0.25, 0.3) is 0 Å². The lowest BCUT2D eigenvalue weighted by Crippen LogP contribution is -2.21. The quantitative estimate of drug-likeness (QED) is 0.871. The fraction of sp³-hybridized carbons (Fsp3) is 0.222. The fourth-order valence-electron chi connectivity index (χ4n) is 1.14. The Morgan fingerprint density at radius 2 is 2.29 bits per heavy atom. The minimum Gasteiger partial charge on any atom is -0.481 e. The molecule has 5 heteroatoms. The highest BCUT2D eigenvalue weighted by Gasteiger charge is 2.20. The molecule has 0 spiro atoms. The fourth-order valence-corrected chi connectivity index (χ4v) is 1.77. The van der Waals surface area contributed by atoms with Crippen LogP contribution >= 0.6 is 15.9 Å². The summed E-state index contributed by atoms with van der Waals surface area (Å²) in [6.45, 7) is -0.0143. The molecular formula is C9H9BrFNO2. The normalized spacial score (nSPS) is 12.5. The molecule has 1 atom stereocenters. The van der Waals surface area contributed by atoms with Gasteiger partial charge in [-0.05, 0) is 17.7 Å². The molecule has 0 bridgehead atoms. The Bertz CT molecular complexity index is 357. The van der Waals surface area contributed by atoms with Gasteiger partial charge in [0.15, 0.2) is 0 Å². The molecule has 3 N–H and O–H groups in total. The van der Waals surface area contributed by atoms with Crippen LogP contribution in [0.15, 0.2) is 22.7 Å². The van der Waals surface area contributed by atoms with E-state index in [1.807, 2.05) is 0 Å². The van der Waals surface area contributed by atoms with Gasteiger partial charge in [0.05, 0.1) is 5.92 Å². The van der Waals surface area contributed by atoms with E-state index in [0.717, 1.165) is 0 Å². The first-order chi connectivity index (χ1) is 6.56. The Morgan fingerprint density at radius 1 is 1.64 bits per heavy atom. The van der Waals surface area contributed by atoms with Gasteiger partial charge < -0.3 is 10.8 Å². The van der Waals surface area contributed by atoms with Gasteiger partial charge in [0.1, 0.15) is 5.82 Å². The van der Waals surface area contributed by atoms with Crippen molar-refractivity contribution < 1.29 is 14.3 Å². The van der Waals surface area contributed by atoms with Crippen LogP contribution in [0.4, 0.5) is 4.39 Å². The van der Waals surface area contributed by atoms with E-state index in [4.69, 9.17) is 10.8 Å². The SMILES string of the molecule is NCC(C(=O)O)c1ccc(F)cc1Br. The van der Waals surface area contributed by atoms with E-state index in [1.165, 1.54) is 18.2 Å². The third-order valence-electron chi connectivity index (χ3n) is 1.87. The summed E-state index contributed by atoms with van der Waals surface area (Å²) in [5.74, 6) is -2.23. The number of rotatable bonds is 3.